The summed E-state index contributed by atoms with van der Waals surface area (Å²) < 4.78 is 55.9. The first-order valence-corrected chi connectivity index (χ1v) is 10.0. The van der Waals surface area contributed by atoms with Gasteiger partial charge in [-0.25, -0.2) is 9.07 Å². The number of piperidine rings is 1. The fraction of sp³-hybridized carbons (Fsp3) is 0.273. The van der Waals surface area contributed by atoms with E-state index in [-0.39, 0.29) is 17.5 Å². The number of carbonyl (C=O) groups excluding carboxylic acids is 1. The molecule has 2 aromatic carbocycles. The Kier molecular flexibility index (Phi) is 6.13. The van der Waals surface area contributed by atoms with Crippen LogP contribution >= 0.6 is 0 Å². The van der Waals surface area contributed by atoms with Crippen molar-refractivity contribution in [2.45, 2.75) is 25.1 Å². The molecule has 0 spiro atoms. The van der Waals surface area contributed by atoms with Crippen LogP contribution in [0.5, 0.6) is 5.75 Å². The number of alkyl halides is 3. The standard InChI is InChI=1S/C22H20F4N4O2/c23-15-1-5-17(6-2-15)30-20(14-9-11-27-12-10-14)19(13-28-30)21(31)29-16-3-7-18(8-4-16)32-22(24,25)26/h1-8,13-14,27H,9-12H2,(H,29,31). The van der Waals surface area contributed by atoms with Gasteiger partial charge in [0.25, 0.3) is 5.91 Å². The van der Waals surface area contributed by atoms with E-state index in [0.29, 0.717) is 22.6 Å². The van der Waals surface area contributed by atoms with Gasteiger partial charge in [0.1, 0.15) is 11.6 Å². The molecule has 1 amide bonds. The lowest BCUT2D eigenvalue weighted by Gasteiger charge is -2.24. The number of anilines is 1. The molecule has 0 saturated carbocycles. The maximum absolute atomic E-state index is 13.4. The van der Waals surface area contributed by atoms with Gasteiger partial charge in [-0.3, -0.25) is 4.79 Å². The predicted molar refractivity (Wildman–Crippen MR) is 109 cm³/mol. The number of aromatic nitrogens is 2. The van der Waals surface area contributed by atoms with Crippen LogP contribution in [0.1, 0.15) is 34.8 Å². The fourth-order valence-electron chi connectivity index (χ4n) is 3.75. The molecule has 4 rings (SSSR count). The molecule has 0 bridgehead atoms. The minimum absolute atomic E-state index is 0.0621. The maximum Gasteiger partial charge on any atom is 0.573 e. The van der Waals surface area contributed by atoms with Crippen LogP contribution in [0.25, 0.3) is 5.69 Å². The number of nitrogens with zero attached hydrogens (tertiary/aromatic N) is 2. The molecule has 1 fully saturated rings. The number of nitrogens with one attached hydrogen (secondary N) is 2. The summed E-state index contributed by atoms with van der Waals surface area (Å²) in [6.07, 6.45) is -1.73. The van der Waals surface area contributed by atoms with Gasteiger partial charge in [-0.2, -0.15) is 5.10 Å². The molecule has 1 saturated heterocycles. The van der Waals surface area contributed by atoms with Gasteiger partial charge in [0.15, 0.2) is 0 Å². The molecule has 1 aliphatic rings. The molecule has 32 heavy (non-hydrogen) atoms. The molecule has 1 aliphatic heterocycles. The number of hydrogen-bond acceptors (Lipinski definition) is 4. The molecule has 1 aromatic heterocycles. The quantitative estimate of drug-likeness (QED) is 0.559. The second-order valence-electron chi connectivity index (χ2n) is 7.38. The molecule has 2 heterocycles. The number of hydrogen-bond donors (Lipinski definition) is 2. The highest BCUT2D eigenvalue weighted by Gasteiger charge is 2.31. The van der Waals surface area contributed by atoms with Crippen LogP contribution < -0.4 is 15.4 Å². The van der Waals surface area contributed by atoms with Crippen LogP contribution in [-0.4, -0.2) is 35.1 Å². The number of ether oxygens (including phenoxy) is 1. The van der Waals surface area contributed by atoms with Crippen molar-refractivity contribution >= 4 is 11.6 Å². The molecule has 0 atom stereocenters. The largest absolute Gasteiger partial charge is 0.573 e. The van der Waals surface area contributed by atoms with Crippen LogP contribution in [0, 0.1) is 5.82 Å². The third-order valence-electron chi connectivity index (χ3n) is 5.19. The highest BCUT2D eigenvalue weighted by atomic mass is 19.4. The molecule has 0 unspecified atom stereocenters. The number of amides is 1. The van der Waals surface area contributed by atoms with E-state index >= 15 is 0 Å². The predicted octanol–water partition coefficient (Wildman–Crippen LogP) is 4.63. The van der Waals surface area contributed by atoms with E-state index < -0.39 is 12.3 Å². The Morgan fingerprint density at radius 3 is 2.34 bits per heavy atom. The van der Waals surface area contributed by atoms with Crippen molar-refractivity contribution in [3.05, 3.63) is 71.8 Å². The summed E-state index contributed by atoms with van der Waals surface area (Å²) in [7, 11) is 0. The number of rotatable bonds is 5. The van der Waals surface area contributed by atoms with E-state index in [1.54, 1.807) is 16.8 Å². The molecule has 168 valence electrons. The summed E-state index contributed by atoms with van der Waals surface area (Å²) in [6.45, 7) is 1.59. The SMILES string of the molecule is O=C(Nc1ccc(OC(F)(F)F)cc1)c1cnn(-c2ccc(F)cc2)c1C1CCNCC1. The van der Waals surface area contributed by atoms with Crippen LogP contribution in [0.3, 0.4) is 0 Å². The summed E-state index contributed by atoms with van der Waals surface area (Å²) >= 11 is 0. The van der Waals surface area contributed by atoms with Crippen LogP contribution in [-0.2, 0) is 0 Å². The summed E-state index contributed by atoms with van der Waals surface area (Å²) in [6, 6.07) is 10.7. The van der Waals surface area contributed by atoms with Crippen LogP contribution in [0.2, 0.25) is 0 Å². The lowest BCUT2D eigenvalue weighted by molar-refractivity contribution is -0.274. The van der Waals surface area contributed by atoms with Gasteiger partial charge >= 0.3 is 6.36 Å². The monoisotopic (exact) mass is 448 g/mol. The summed E-state index contributed by atoms with van der Waals surface area (Å²) in [4.78, 5) is 13.0. The zero-order chi connectivity index (χ0) is 22.7. The highest BCUT2D eigenvalue weighted by Crippen LogP contribution is 2.31. The van der Waals surface area contributed by atoms with E-state index in [9.17, 15) is 22.4 Å². The van der Waals surface area contributed by atoms with Gasteiger partial charge in [0.2, 0.25) is 0 Å². The van der Waals surface area contributed by atoms with Gasteiger partial charge in [-0.05, 0) is 74.5 Å². The number of carbonyl (C=O) groups is 1. The smallest absolute Gasteiger partial charge is 0.406 e. The van der Waals surface area contributed by atoms with Gasteiger partial charge in [-0.1, -0.05) is 0 Å². The van der Waals surface area contributed by atoms with Crippen molar-refractivity contribution < 1.29 is 27.1 Å². The summed E-state index contributed by atoms with van der Waals surface area (Å²) in [5, 5.41) is 10.4. The zero-order valence-corrected chi connectivity index (χ0v) is 16.8. The van der Waals surface area contributed by atoms with Crippen LogP contribution in [0.15, 0.2) is 54.7 Å². The first kappa shape index (κ1) is 21.8. The van der Waals surface area contributed by atoms with E-state index in [0.717, 1.165) is 38.1 Å². The summed E-state index contributed by atoms with van der Waals surface area (Å²) in [5.41, 5.74) is 2.02. The Bertz CT molecular complexity index is 1070. The van der Waals surface area contributed by atoms with Crippen molar-refractivity contribution in [1.29, 1.82) is 0 Å². The number of benzene rings is 2. The Labute approximate surface area is 181 Å². The Morgan fingerprint density at radius 1 is 1.06 bits per heavy atom. The number of halogens is 4. The van der Waals surface area contributed by atoms with Crippen molar-refractivity contribution in [1.82, 2.24) is 15.1 Å². The Morgan fingerprint density at radius 2 is 1.72 bits per heavy atom. The highest BCUT2D eigenvalue weighted by molar-refractivity contribution is 6.05. The topological polar surface area (TPSA) is 68.2 Å². The van der Waals surface area contributed by atoms with Crippen molar-refractivity contribution in [2.24, 2.45) is 0 Å². The van der Waals surface area contributed by atoms with Gasteiger partial charge < -0.3 is 15.4 Å². The van der Waals surface area contributed by atoms with Gasteiger partial charge in [-0.15, -0.1) is 13.2 Å². The molecule has 2 N–H and O–H groups in total. The average Bonchev–Trinajstić information content (AvgIpc) is 3.20. The van der Waals surface area contributed by atoms with Crippen LogP contribution in [0.4, 0.5) is 23.2 Å². The Balaban J connectivity index is 1.61. The summed E-state index contributed by atoms with van der Waals surface area (Å²) in [5.74, 6) is -1.13. The zero-order valence-electron chi connectivity index (χ0n) is 16.8. The van der Waals surface area contributed by atoms with Crippen molar-refractivity contribution in [3.8, 4) is 11.4 Å². The minimum atomic E-state index is -4.79. The van der Waals surface area contributed by atoms with E-state index in [1.165, 1.54) is 30.5 Å². The van der Waals surface area contributed by atoms with E-state index in [4.69, 9.17) is 0 Å². The average molecular weight is 448 g/mol. The first-order valence-electron chi connectivity index (χ1n) is 10.0. The lowest BCUT2D eigenvalue weighted by atomic mass is 9.91. The molecule has 6 nitrogen and oxygen atoms in total. The first-order chi connectivity index (χ1) is 15.3. The molecule has 0 aliphatic carbocycles. The molecule has 10 heteroatoms. The molecular weight excluding hydrogens is 428 g/mol. The van der Waals surface area contributed by atoms with E-state index in [1.807, 2.05) is 0 Å². The second kappa shape index (κ2) is 8.99. The third kappa shape index (κ3) is 5.08. The maximum atomic E-state index is 13.4. The molecular formula is C22H20F4N4O2. The van der Waals surface area contributed by atoms with Gasteiger partial charge in [0, 0.05) is 11.6 Å². The van der Waals surface area contributed by atoms with E-state index in [2.05, 4.69) is 20.5 Å². The van der Waals surface area contributed by atoms with Crippen molar-refractivity contribution in [2.75, 3.05) is 18.4 Å². The lowest BCUT2D eigenvalue weighted by Crippen LogP contribution is -2.29. The molecule has 3 aromatic rings. The molecule has 0 radical (unpaired) electrons. The van der Waals surface area contributed by atoms with Crippen molar-refractivity contribution in [3.63, 3.8) is 0 Å². The van der Waals surface area contributed by atoms with Gasteiger partial charge in [0.05, 0.1) is 23.1 Å². The minimum Gasteiger partial charge on any atom is -0.406 e. The Hall–Kier alpha value is -3.40. The second-order valence-corrected chi connectivity index (χ2v) is 7.38. The normalized spacial score (nSPS) is 14.9. The third-order valence-corrected chi connectivity index (χ3v) is 5.19. The fourth-order valence-corrected chi connectivity index (χ4v) is 3.75.